The zero-order valence-electron chi connectivity index (χ0n) is 9.94. The van der Waals surface area contributed by atoms with Crippen molar-refractivity contribution in [2.75, 3.05) is 11.4 Å². The first-order valence-electron chi connectivity index (χ1n) is 5.69. The number of rotatable bonds is 1. The summed E-state index contributed by atoms with van der Waals surface area (Å²) in [6, 6.07) is 5.79. The van der Waals surface area contributed by atoms with Crippen LogP contribution in [0.3, 0.4) is 0 Å². The maximum atomic E-state index is 9.76. The lowest BCUT2D eigenvalue weighted by Crippen LogP contribution is -2.32. The van der Waals surface area contributed by atoms with Gasteiger partial charge in [0.05, 0.1) is 22.7 Å². The van der Waals surface area contributed by atoms with Gasteiger partial charge in [0.1, 0.15) is 6.07 Å². The van der Waals surface area contributed by atoms with Gasteiger partial charge in [-0.3, -0.25) is 0 Å². The molecule has 1 fully saturated rings. The summed E-state index contributed by atoms with van der Waals surface area (Å²) in [6.07, 6.45) is 0.488. The van der Waals surface area contributed by atoms with Crippen LogP contribution in [0.5, 0.6) is 0 Å². The molecule has 0 spiro atoms. The highest BCUT2D eigenvalue weighted by atomic mass is 35.5. The standard InChI is InChI=1S/C13H15ClN2O/c1-8-5-10(7-15)11(14)6-12(8)16-4-3-13(17)9(16)2/h5-6,9,13,17H,3-4H2,1-2H3/t9-,13-/m0/s1. The van der Waals surface area contributed by atoms with Crippen molar-refractivity contribution in [1.82, 2.24) is 0 Å². The first-order chi connectivity index (χ1) is 8.04. The second kappa shape index (κ2) is 4.56. The number of aliphatic hydroxyl groups excluding tert-OH is 1. The Bertz CT molecular complexity index is 481. The van der Waals surface area contributed by atoms with Crippen LogP contribution < -0.4 is 4.90 Å². The number of benzene rings is 1. The molecule has 90 valence electrons. The van der Waals surface area contributed by atoms with E-state index in [1.165, 1.54) is 0 Å². The van der Waals surface area contributed by atoms with E-state index >= 15 is 0 Å². The minimum atomic E-state index is -0.288. The Labute approximate surface area is 106 Å². The summed E-state index contributed by atoms with van der Waals surface area (Å²) in [6.45, 7) is 4.79. The minimum Gasteiger partial charge on any atom is -0.391 e. The van der Waals surface area contributed by atoms with E-state index in [0.29, 0.717) is 10.6 Å². The zero-order valence-corrected chi connectivity index (χ0v) is 10.7. The van der Waals surface area contributed by atoms with Crippen molar-refractivity contribution in [3.8, 4) is 6.07 Å². The fourth-order valence-electron chi connectivity index (χ4n) is 2.33. The molecule has 1 aromatic rings. The fraction of sp³-hybridized carbons (Fsp3) is 0.462. The minimum absolute atomic E-state index is 0.0951. The van der Waals surface area contributed by atoms with Gasteiger partial charge in [-0.05, 0) is 38.0 Å². The molecule has 1 aliphatic rings. The maximum absolute atomic E-state index is 9.76. The second-order valence-electron chi connectivity index (χ2n) is 4.52. The molecule has 1 N–H and O–H groups in total. The van der Waals surface area contributed by atoms with Gasteiger partial charge in [-0.15, -0.1) is 0 Å². The SMILES string of the molecule is Cc1cc(C#N)c(Cl)cc1N1CC[C@H](O)[C@@H]1C. The Kier molecular flexibility index (Phi) is 3.28. The topological polar surface area (TPSA) is 47.3 Å². The molecule has 1 aliphatic heterocycles. The molecular weight excluding hydrogens is 236 g/mol. The number of aliphatic hydroxyl groups is 1. The number of aryl methyl sites for hydroxylation is 1. The van der Waals surface area contributed by atoms with E-state index in [2.05, 4.69) is 11.0 Å². The van der Waals surface area contributed by atoms with Gasteiger partial charge in [-0.1, -0.05) is 11.6 Å². The Morgan fingerprint density at radius 2 is 2.24 bits per heavy atom. The average Bonchev–Trinajstić information content (AvgIpc) is 2.63. The lowest BCUT2D eigenvalue weighted by molar-refractivity contribution is 0.170. The smallest absolute Gasteiger partial charge is 0.101 e. The third kappa shape index (κ3) is 2.11. The normalized spacial score (nSPS) is 23.8. The van der Waals surface area contributed by atoms with Crippen molar-refractivity contribution >= 4 is 17.3 Å². The van der Waals surface area contributed by atoms with Gasteiger partial charge in [-0.2, -0.15) is 5.26 Å². The van der Waals surface area contributed by atoms with Crippen LogP contribution in [0.25, 0.3) is 0 Å². The van der Waals surface area contributed by atoms with Crippen molar-refractivity contribution in [1.29, 1.82) is 5.26 Å². The van der Waals surface area contributed by atoms with E-state index in [9.17, 15) is 5.11 Å². The molecule has 3 nitrogen and oxygen atoms in total. The van der Waals surface area contributed by atoms with Gasteiger partial charge < -0.3 is 10.0 Å². The Balaban J connectivity index is 2.41. The van der Waals surface area contributed by atoms with E-state index in [0.717, 1.165) is 24.2 Å². The van der Waals surface area contributed by atoms with Crippen LogP contribution >= 0.6 is 11.6 Å². The number of hydrogen-bond acceptors (Lipinski definition) is 3. The fourth-order valence-corrected chi connectivity index (χ4v) is 2.53. The van der Waals surface area contributed by atoms with Gasteiger partial charge in [0, 0.05) is 12.2 Å². The summed E-state index contributed by atoms with van der Waals surface area (Å²) in [4.78, 5) is 2.15. The predicted molar refractivity (Wildman–Crippen MR) is 68.3 cm³/mol. The van der Waals surface area contributed by atoms with Crippen LogP contribution in [0.15, 0.2) is 12.1 Å². The summed E-state index contributed by atoms with van der Waals surface area (Å²) >= 11 is 6.05. The van der Waals surface area contributed by atoms with E-state index in [1.54, 1.807) is 6.07 Å². The van der Waals surface area contributed by atoms with Gasteiger partial charge in [-0.25, -0.2) is 0 Å². The lowest BCUT2D eigenvalue weighted by Gasteiger charge is -2.27. The molecule has 1 heterocycles. The number of nitriles is 1. The number of hydrogen-bond donors (Lipinski definition) is 1. The van der Waals surface area contributed by atoms with Crippen molar-refractivity contribution in [2.45, 2.75) is 32.4 Å². The van der Waals surface area contributed by atoms with Crippen LogP contribution in [-0.4, -0.2) is 23.8 Å². The van der Waals surface area contributed by atoms with Crippen LogP contribution in [0, 0.1) is 18.3 Å². The molecule has 4 heteroatoms. The molecule has 0 aromatic heterocycles. The predicted octanol–water partition coefficient (Wildman–Crippen LogP) is 2.48. The van der Waals surface area contributed by atoms with Gasteiger partial charge in [0.2, 0.25) is 0 Å². The average molecular weight is 251 g/mol. The summed E-state index contributed by atoms with van der Waals surface area (Å²) in [5.74, 6) is 0. The maximum Gasteiger partial charge on any atom is 0.101 e. The van der Waals surface area contributed by atoms with Crippen LogP contribution in [-0.2, 0) is 0 Å². The lowest BCUT2D eigenvalue weighted by atomic mass is 10.1. The van der Waals surface area contributed by atoms with E-state index in [-0.39, 0.29) is 12.1 Å². The highest BCUT2D eigenvalue weighted by Gasteiger charge is 2.30. The first kappa shape index (κ1) is 12.2. The quantitative estimate of drug-likeness (QED) is 0.833. The molecule has 1 aromatic carbocycles. The zero-order chi connectivity index (χ0) is 12.6. The molecule has 1 saturated heterocycles. The molecule has 0 bridgehead atoms. The second-order valence-corrected chi connectivity index (χ2v) is 4.93. The van der Waals surface area contributed by atoms with E-state index in [1.807, 2.05) is 19.9 Å². The summed E-state index contributed by atoms with van der Waals surface area (Å²) < 4.78 is 0. The molecule has 17 heavy (non-hydrogen) atoms. The molecular formula is C13H15ClN2O. The molecule has 0 aliphatic carbocycles. The van der Waals surface area contributed by atoms with Crippen molar-refractivity contribution in [3.05, 3.63) is 28.3 Å². The van der Waals surface area contributed by atoms with Crippen LogP contribution in [0.4, 0.5) is 5.69 Å². The summed E-state index contributed by atoms with van der Waals surface area (Å²) in [5, 5.41) is 19.1. The third-order valence-corrected chi connectivity index (χ3v) is 3.74. The molecule has 0 unspecified atom stereocenters. The highest BCUT2D eigenvalue weighted by molar-refractivity contribution is 6.32. The first-order valence-corrected chi connectivity index (χ1v) is 6.07. The molecule has 2 atom stereocenters. The van der Waals surface area contributed by atoms with Gasteiger partial charge in [0.15, 0.2) is 0 Å². The molecule has 0 saturated carbocycles. The monoisotopic (exact) mass is 250 g/mol. The van der Waals surface area contributed by atoms with Gasteiger partial charge in [0.25, 0.3) is 0 Å². The molecule has 2 rings (SSSR count). The highest BCUT2D eigenvalue weighted by Crippen LogP contribution is 2.32. The number of nitrogens with zero attached hydrogens (tertiary/aromatic N) is 2. The largest absolute Gasteiger partial charge is 0.391 e. The number of anilines is 1. The van der Waals surface area contributed by atoms with E-state index in [4.69, 9.17) is 16.9 Å². The summed E-state index contributed by atoms with van der Waals surface area (Å²) in [7, 11) is 0. The Hall–Kier alpha value is -1.24. The number of halogens is 1. The van der Waals surface area contributed by atoms with Crippen molar-refractivity contribution < 1.29 is 5.11 Å². The molecule has 0 amide bonds. The molecule has 0 radical (unpaired) electrons. The van der Waals surface area contributed by atoms with Gasteiger partial charge >= 0.3 is 0 Å². The Morgan fingerprint density at radius 3 is 2.76 bits per heavy atom. The van der Waals surface area contributed by atoms with Crippen LogP contribution in [0.2, 0.25) is 5.02 Å². The van der Waals surface area contributed by atoms with Crippen LogP contribution in [0.1, 0.15) is 24.5 Å². The third-order valence-electron chi connectivity index (χ3n) is 3.43. The van der Waals surface area contributed by atoms with E-state index < -0.39 is 0 Å². The summed E-state index contributed by atoms with van der Waals surface area (Å²) in [5.41, 5.74) is 2.53. The van der Waals surface area contributed by atoms with Crippen molar-refractivity contribution in [3.63, 3.8) is 0 Å². The Morgan fingerprint density at radius 1 is 1.53 bits per heavy atom. The van der Waals surface area contributed by atoms with Crippen molar-refractivity contribution in [2.24, 2.45) is 0 Å².